The molecule has 0 spiro atoms. The molecule has 5 heteroatoms. The largest absolute Gasteiger partial charge is 0.489 e. The molecular formula is C34H25IO3S. The van der Waals surface area contributed by atoms with E-state index in [0.29, 0.717) is 13.2 Å². The lowest BCUT2D eigenvalue weighted by atomic mass is 10.1. The highest BCUT2D eigenvalue weighted by Crippen LogP contribution is 2.47. The lowest BCUT2D eigenvalue weighted by molar-refractivity contribution is 0.306. The number of thiophene rings is 1. The van der Waals surface area contributed by atoms with Gasteiger partial charge in [0.1, 0.15) is 30.5 Å². The summed E-state index contributed by atoms with van der Waals surface area (Å²) in [5, 5.41) is 1.06. The number of ether oxygens (including phenoxy) is 3. The van der Waals surface area contributed by atoms with E-state index in [1.165, 1.54) is 3.57 Å². The molecule has 39 heavy (non-hydrogen) atoms. The molecule has 192 valence electrons. The van der Waals surface area contributed by atoms with Gasteiger partial charge in [-0.2, -0.15) is 0 Å². The van der Waals surface area contributed by atoms with Gasteiger partial charge in [-0.25, -0.2) is 0 Å². The highest BCUT2D eigenvalue weighted by atomic mass is 127. The Morgan fingerprint density at radius 2 is 1.13 bits per heavy atom. The molecule has 0 atom stereocenters. The molecule has 0 fully saturated rings. The van der Waals surface area contributed by atoms with Gasteiger partial charge in [-0.15, -0.1) is 11.3 Å². The van der Waals surface area contributed by atoms with Crippen LogP contribution in [0.5, 0.6) is 23.0 Å². The van der Waals surface area contributed by atoms with Gasteiger partial charge in [-0.3, -0.25) is 0 Å². The van der Waals surface area contributed by atoms with Gasteiger partial charge < -0.3 is 14.2 Å². The number of halogens is 1. The lowest BCUT2D eigenvalue weighted by Crippen LogP contribution is -1.94. The monoisotopic (exact) mass is 640 g/mol. The minimum absolute atomic E-state index is 0.529. The van der Waals surface area contributed by atoms with Crippen molar-refractivity contribution in [3.63, 3.8) is 0 Å². The maximum Gasteiger partial charge on any atom is 0.153 e. The lowest BCUT2D eigenvalue weighted by Gasteiger charge is -2.10. The van der Waals surface area contributed by atoms with Crippen molar-refractivity contribution in [1.29, 1.82) is 0 Å². The molecule has 3 nitrogen and oxygen atoms in total. The summed E-state index contributed by atoms with van der Waals surface area (Å²) in [4.78, 5) is 1.07. The van der Waals surface area contributed by atoms with Crippen LogP contribution in [0.1, 0.15) is 11.1 Å². The van der Waals surface area contributed by atoms with E-state index < -0.39 is 0 Å². The maximum atomic E-state index is 6.51. The zero-order chi connectivity index (χ0) is 26.4. The van der Waals surface area contributed by atoms with Crippen LogP contribution in [0.25, 0.3) is 20.5 Å². The first-order valence-electron chi connectivity index (χ1n) is 12.7. The third-order valence-electron chi connectivity index (χ3n) is 6.26. The molecule has 1 aromatic heterocycles. The van der Waals surface area contributed by atoms with E-state index in [1.54, 1.807) is 11.3 Å². The zero-order valence-electron chi connectivity index (χ0n) is 21.0. The molecule has 0 radical (unpaired) electrons. The molecule has 0 saturated carbocycles. The summed E-state index contributed by atoms with van der Waals surface area (Å²) in [6.45, 7) is 1.07. The standard InChI is InChI=1S/C34H25IO3S/c35-27-13-17-29(18-14-27)38-33-31-20-19-30(37-23-25-9-5-2-6-10-25)21-32(31)39-34(33)26-11-15-28(16-12-26)36-22-24-7-3-1-4-8-24/h1-21H,22-23H2. The first-order chi connectivity index (χ1) is 19.2. The molecule has 0 aliphatic heterocycles. The van der Waals surface area contributed by atoms with E-state index in [4.69, 9.17) is 14.2 Å². The number of benzene rings is 5. The molecule has 0 aliphatic rings. The molecule has 6 rings (SSSR count). The van der Waals surface area contributed by atoms with Crippen molar-refractivity contribution in [2.45, 2.75) is 13.2 Å². The first kappa shape index (κ1) is 25.5. The van der Waals surface area contributed by atoms with E-state index in [2.05, 4.69) is 83.3 Å². The van der Waals surface area contributed by atoms with E-state index in [-0.39, 0.29) is 0 Å². The third kappa shape index (κ3) is 6.27. The van der Waals surface area contributed by atoms with Crippen molar-refractivity contribution >= 4 is 44.0 Å². The van der Waals surface area contributed by atoms with Crippen LogP contribution in [-0.2, 0) is 13.2 Å². The molecule has 6 aromatic rings. The predicted molar refractivity (Wildman–Crippen MR) is 168 cm³/mol. The quantitative estimate of drug-likeness (QED) is 0.147. The normalized spacial score (nSPS) is 10.9. The Labute approximate surface area is 245 Å². The average molecular weight is 641 g/mol. The van der Waals surface area contributed by atoms with Crippen molar-refractivity contribution in [1.82, 2.24) is 0 Å². The Hall–Kier alpha value is -3.81. The van der Waals surface area contributed by atoms with Gasteiger partial charge >= 0.3 is 0 Å². The highest BCUT2D eigenvalue weighted by molar-refractivity contribution is 14.1. The van der Waals surface area contributed by atoms with Crippen molar-refractivity contribution in [3.8, 4) is 33.4 Å². The van der Waals surface area contributed by atoms with Crippen LogP contribution in [0.15, 0.2) is 127 Å². The molecule has 0 N–H and O–H groups in total. The predicted octanol–water partition coefficient (Wildman–Crippen LogP) is 10.1. The molecule has 0 saturated heterocycles. The Bertz CT molecular complexity index is 1660. The fraction of sp³-hybridized carbons (Fsp3) is 0.0588. The van der Waals surface area contributed by atoms with Crippen molar-refractivity contribution in [2.24, 2.45) is 0 Å². The van der Waals surface area contributed by atoms with Gasteiger partial charge in [-0.05, 0) is 106 Å². The second kappa shape index (κ2) is 11.9. The second-order valence-electron chi connectivity index (χ2n) is 9.05. The SMILES string of the molecule is Ic1ccc(Oc2c(-c3ccc(OCc4ccccc4)cc3)sc3cc(OCc4ccccc4)ccc23)cc1. The van der Waals surface area contributed by atoms with Gasteiger partial charge in [-0.1, -0.05) is 60.7 Å². The van der Waals surface area contributed by atoms with Crippen LogP contribution in [0.4, 0.5) is 0 Å². The summed E-state index contributed by atoms with van der Waals surface area (Å²) >= 11 is 4.01. The summed E-state index contributed by atoms with van der Waals surface area (Å²) in [6, 6.07) is 43.0. The minimum Gasteiger partial charge on any atom is -0.489 e. The second-order valence-corrected chi connectivity index (χ2v) is 11.3. The van der Waals surface area contributed by atoms with Crippen LogP contribution >= 0.6 is 33.9 Å². The third-order valence-corrected chi connectivity index (χ3v) is 8.16. The van der Waals surface area contributed by atoms with E-state index in [9.17, 15) is 0 Å². The Kier molecular flexibility index (Phi) is 7.79. The smallest absolute Gasteiger partial charge is 0.153 e. The molecule has 0 amide bonds. The van der Waals surface area contributed by atoms with Crippen molar-refractivity contribution < 1.29 is 14.2 Å². The summed E-state index contributed by atoms with van der Waals surface area (Å²) in [6.07, 6.45) is 0. The van der Waals surface area contributed by atoms with E-state index in [0.717, 1.165) is 54.7 Å². The molecule has 1 heterocycles. The summed E-state index contributed by atoms with van der Waals surface area (Å²) in [5.74, 6) is 3.33. The molecule has 0 unspecified atom stereocenters. The molecule has 0 bridgehead atoms. The first-order valence-corrected chi connectivity index (χ1v) is 14.5. The van der Waals surface area contributed by atoms with Crippen LogP contribution in [0, 0.1) is 3.57 Å². The highest BCUT2D eigenvalue weighted by Gasteiger charge is 2.17. The van der Waals surface area contributed by atoms with Crippen LogP contribution in [-0.4, -0.2) is 0 Å². The Morgan fingerprint density at radius 3 is 1.77 bits per heavy atom. The van der Waals surface area contributed by atoms with Gasteiger partial charge in [0.25, 0.3) is 0 Å². The topological polar surface area (TPSA) is 27.7 Å². The van der Waals surface area contributed by atoms with Crippen molar-refractivity contribution in [3.05, 3.63) is 142 Å². The van der Waals surface area contributed by atoms with Crippen LogP contribution < -0.4 is 14.2 Å². The number of hydrogen-bond donors (Lipinski definition) is 0. The maximum absolute atomic E-state index is 6.51. The molecule has 5 aromatic carbocycles. The molecule has 0 aliphatic carbocycles. The summed E-state index contributed by atoms with van der Waals surface area (Å²) in [5.41, 5.74) is 3.36. The van der Waals surface area contributed by atoms with Gasteiger partial charge in [0, 0.05) is 13.7 Å². The van der Waals surface area contributed by atoms with Gasteiger partial charge in [0.2, 0.25) is 0 Å². The Morgan fingerprint density at radius 1 is 0.564 bits per heavy atom. The van der Waals surface area contributed by atoms with E-state index >= 15 is 0 Å². The zero-order valence-corrected chi connectivity index (χ0v) is 24.0. The average Bonchev–Trinajstić information content (AvgIpc) is 3.35. The number of hydrogen-bond acceptors (Lipinski definition) is 4. The summed E-state index contributed by atoms with van der Waals surface area (Å²) < 4.78 is 20.9. The summed E-state index contributed by atoms with van der Waals surface area (Å²) in [7, 11) is 0. The Balaban J connectivity index is 1.29. The van der Waals surface area contributed by atoms with Crippen molar-refractivity contribution in [2.75, 3.05) is 0 Å². The number of fused-ring (bicyclic) bond motifs is 1. The van der Waals surface area contributed by atoms with E-state index in [1.807, 2.05) is 66.7 Å². The fourth-order valence-corrected chi connectivity index (χ4v) is 5.76. The van der Waals surface area contributed by atoms with Crippen LogP contribution in [0.2, 0.25) is 0 Å². The fourth-order valence-electron chi connectivity index (χ4n) is 4.24. The number of rotatable bonds is 9. The van der Waals surface area contributed by atoms with Gasteiger partial charge in [0.15, 0.2) is 5.75 Å². The minimum atomic E-state index is 0.529. The van der Waals surface area contributed by atoms with Gasteiger partial charge in [0.05, 0.1) is 4.88 Å². The van der Waals surface area contributed by atoms with Crippen LogP contribution in [0.3, 0.4) is 0 Å². The molecular weight excluding hydrogens is 615 g/mol.